The Kier molecular flexibility index (Phi) is 5.14. The van der Waals surface area contributed by atoms with Crippen LogP contribution in [0.4, 0.5) is 13.2 Å². The highest BCUT2D eigenvalue weighted by molar-refractivity contribution is 7.88. The van der Waals surface area contributed by atoms with Crippen molar-refractivity contribution in [3.63, 3.8) is 0 Å². The number of aliphatic hydroxyl groups excluding tert-OH is 1. The van der Waals surface area contributed by atoms with Crippen LogP contribution in [0.1, 0.15) is 36.8 Å². The Morgan fingerprint density at radius 1 is 1.18 bits per heavy atom. The van der Waals surface area contributed by atoms with Gasteiger partial charge < -0.3 is 5.11 Å². The van der Waals surface area contributed by atoms with Gasteiger partial charge in [-0.05, 0) is 24.5 Å². The number of halogens is 3. The van der Waals surface area contributed by atoms with Gasteiger partial charge >= 0.3 is 6.18 Å². The average molecular weight is 337 g/mol. The van der Waals surface area contributed by atoms with Crippen molar-refractivity contribution in [3.8, 4) is 0 Å². The zero-order valence-corrected chi connectivity index (χ0v) is 12.6. The Morgan fingerprint density at radius 3 is 2.45 bits per heavy atom. The first-order valence-corrected chi connectivity index (χ1v) is 8.67. The number of rotatable bonds is 4. The molecule has 0 bridgehead atoms. The minimum absolute atomic E-state index is 0.298. The van der Waals surface area contributed by atoms with E-state index in [0.29, 0.717) is 12.8 Å². The highest BCUT2D eigenvalue weighted by Gasteiger charge is 2.35. The van der Waals surface area contributed by atoms with Crippen molar-refractivity contribution in [1.29, 1.82) is 0 Å². The predicted octanol–water partition coefficient (Wildman–Crippen LogP) is 2.43. The van der Waals surface area contributed by atoms with Crippen molar-refractivity contribution in [2.75, 3.05) is 0 Å². The van der Waals surface area contributed by atoms with E-state index in [-0.39, 0.29) is 5.56 Å². The molecule has 2 unspecified atom stereocenters. The molecule has 1 fully saturated rings. The van der Waals surface area contributed by atoms with Crippen molar-refractivity contribution in [1.82, 2.24) is 4.72 Å². The molecule has 1 aliphatic carbocycles. The lowest BCUT2D eigenvalue weighted by atomic mass is 9.93. The lowest BCUT2D eigenvalue weighted by molar-refractivity contribution is -0.138. The second-order valence-electron chi connectivity index (χ2n) is 5.49. The van der Waals surface area contributed by atoms with Crippen molar-refractivity contribution in [3.05, 3.63) is 35.4 Å². The summed E-state index contributed by atoms with van der Waals surface area (Å²) in [6.07, 6.45) is -2.81. The molecule has 0 aromatic heterocycles. The number of aliphatic hydroxyl groups is 1. The number of benzene rings is 1. The summed E-state index contributed by atoms with van der Waals surface area (Å²) in [6.45, 7) is 0. The molecule has 1 aliphatic rings. The summed E-state index contributed by atoms with van der Waals surface area (Å²) in [5, 5.41) is 9.78. The maximum Gasteiger partial charge on any atom is 0.416 e. The largest absolute Gasteiger partial charge is 0.416 e. The zero-order valence-electron chi connectivity index (χ0n) is 11.8. The van der Waals surface area contributed by atoms with Crippen LogP contribution in [0, 0.1) is 0 Å². The van der Waals surface area contributed by atoms with E-state index in [9.17, 15) is 26.7 Å². The molecule has 0 spiro atoms. The van der Waals surface area contributed by atoms with Crippen LogP contribution >= 0.6 is 0 Å². The molecule has 0 radical (unpaired) electrons. The third kappa shape index (κ3) is 4.44. The lowest BCUT2D eigenvalue weighted by Crippen LogP contribution is -2.45. The Morgan fingerprint density at radius 2 is 1.82 bits per heavy atom. The molecule has 4 nitrogen and oxygen atoms in total. The molecule has 0 amide bonds. The minimum atomic E-state index is -4.60. The van der Waals surface area contributed by atoms with Gasteiger partial charge in [0.1, 0.15) is 0 Å². The first-order valence-electron chi connectivity index (χ1n) is 7.02. The quantitative estimate of drug-likeness (QED) is 0.887. The summed E-state index contributed by atoms with van der Waals surface area (Å²) in [4.78, 5) is 0. The predicted molar refractivity (Wildman–Crippen MR) is 75.5 cm³/mol. The van der Waals surface area contributed by atoms with Crippen LogP contribution in [-0.2, 0) is 22.0 Å². The molecule has 2 atom stereocenters. The summed E-state index contributed by atoms with van der Waals surface area (Å²) >= 11 is 0. The van der Waals surface area contributed by atoms with Crippen LogP contribution in [0.5, 0.6) is 0 Å². The van der Waals surface area contributed by atoms with Crippen LogP contribution in [-0.4, -0.2) is 25.7 Å². The molecule has 2 rings (SSSR count). The number of nitrogens with one attached hydrogen (secondary N) is 1. The first-order chi connectivity index (χ1) is 10.2. The molecule has 1 saturated carbocycles. The topological polar surface area (TPSA) is 66.4 Å². The van der Waals surface area contributed by atoms with Gasteiger partial charge in [-0.15, -0.1) is 0 Å². The van der Waals surface area contributed by atoms with Crippen LogP contribution in [0.2, 0.25) is 0 Å². The second-order valence-corrected chi connectivity index (χ2v) is 7.24. The van der Waals surface area contributed by atoms with E-state index < -0.39 is 39.7 Å². The standard InChI is InChI=1S/C14H18F3NO3S/c15-14(16,17)11-6-2-1-5-10(11)9-22(20,21)18-12-7-3-4-8-13(12)19/h1-2,5-6,12-13,18-19H,3-4,7-9H2. The van der Waals surface area contributed by atoms with Crippen molar-refractivity contribution in [2.24, 2.45) is 0 Å². The Bertz CT molecular complexity index is 616. The number of hydrogen-bond acceptors (Lipinski definition) is 3. The zero-order chi connectivity index (χ0) is 16.4. The smallest absolute Gasteiger partial charge is 0.391 e. The molecule has 124 valence electrons. The van der Waals surface area contributed by atoms with Gasteiger partial charge in [0, 0.05) is 6.04 Å². The van der Waals surface area contributed by atoms with Crippen LogP contribution in [0.15, 0.2) is 24.3 Å². The van der Waals surface area contributed by atoms with Gasteiger partial charge in [0.05, 0.1) is 17.4 Å². The molecular weight excluding hydrogens is 319 g/mol. The van der Waals surface area contributed by atoms with Gasteiger partial charge in [-0.2, -0.15) is 13.2 Å². The summed E-state index contributed by atoms with van der Waals surface area (Å²) in [5.41, 5.74) is -1.25. The first kappa shape index (κ1) is 17.2. The Balaban J connectivity index is 2.16. The number of alkyl halides is 3. The van der Waals surface area contributed by atoms with Crippen molar-refractivity contribution >= 4 is 10.0 Å². The fraction of sp³-hybridized carbons (Fsp3) is 0.571. The number of sulfonamides is 1. The maximum atomic E-state index is 12.9. The van der Waals surface area contributed by atoms with E-state index >= 15 is 0 Å². The molecule has 1 aromatic carbocycles. The van der Waals surface area contributed by atoms with Crippen LogP contribution in [0.3, 0.4) is 0 Å². The van der Waals surface area contributed by atoms with E-state index in [2.05, 4.69) is 4.72 Å². The fourth-order valence-corrected chi connectivity index (χ4v) is 4.13. The molecule has 8 heteroatoms. The average Bonchev–Trinajstić information content (AvgIpc) is 2.40. The highest BCUT2D eigenvalue weighted by atomic mass is 32.2. The molecule has 22 heavy (non-hydrogen) atoms. The third-order valence-corrected chi connectivity index (χ3v) is 5.08. The van der Waals surface area contributed by atoms with E-state index in [1.807, 2.05) is 0 Å². The molecule has 0 saturated heterocycles. The monoisotopic (exact) mass is 337 g/mol. The summed E-state index contributed by atoms with van der Waals surface area (Å²) in [5.74, 6) is -0.758. The Labute approximate surface area is 127 Å². The molecule has 0 aliphatic heterocycles. The minimum Gasteiger partial charge on any atom is -0.391 e. The van der Waals surface area contributed by atoms with Gasteiger partial charge in [0.15, 0.2) is 0 Å². The summed E-state index contributed by atoms with van der Waals surface area (Å²) in [6, 6.07) is 3.98. The maximum absolute atomic E-state index is 12.9. The third-order valence-electron chi connectivity index (χ3n) is 3.73. The van der Waals surface area contributed by atoms with Gasteiger partial charge in [-0.1, -0.05) is 31.0 Å². The highest BCUT2D eigenvalue weighted by Crippen LogP contribution is 2.32. The van der Waals surface area contributed by atoms with Crippen molar-refractivity contribution in [2.45, 2.75) is 49.8 Å². The van der Waals surface area contributed by atoms with E-state index in [0.717, 1.165) is 25.0 Å². The molecule has 2 N–H and O–H groups in total. The normalized spacial score (nSPS) is 23.5. The van der Waals surface area contributed by atoms with Crippen molar-refractivity contribution < 1.29 is 26.7 Å². The Hall–Kier alpha value is -1.12. The van der Waals surface area contributed by atoms with E-state index in [4.69, 9.17) is 0 Å². The summed E-state index contributed by atoms with van der Waals surface area (Å²) in [7, 11) is -3.96. The van der Waals surface area contributed by atoms with Gasteiger partial charge in [-0.3, -0.25) is 0 Å². The fourth-order valence-electron chi connectivity index (χ4n) is 2.65. The van der Waals surface area contributed by atoms with Gasteiger partial charge in [0.25, 0.3) is 0 Å². The van der Waals surface area contributed by atoms with Crippen LogP contribution in [0.25, 0.3) is 0 Å². The second kappa shape index (κ2) is 6.55. The SMILES string of the molecule is O=S(=O)(Cc1ccccc1C(F)(F)F)NC1CCCCC1O. The van der Waals surface area contributed by atoms with Crippen LogP contribution < -0.4 is 4.72 Å². The van der Waals surface area contributed by atoms with E-state index in [1.54, 1.807) is 0 Å². The lowest BCUT2D eigenvalue weighted by Gasteiger charge is -2.28. The molecule has 1 aromatic rings. The van der Waals surface area contributed by atoms with Gasteiger partial charge in [0.2, 0.25) is 10.0 Å². The molecule has 0 heterocycles. The summed E-state index contributed by atoms with van der Waals surface area (Å²) < 4.78 is 65.2. The van der Waals surface area contributed by atoms with E-state index in [1.165, 1.54) is 12.1 Å². The number of hydrogen-bond donors (Lipinski definition) is 2. The van der Waals surface area contributed by atoms with Gasteiger partial charge in [-0.25, -0.2) is 13.1 Å². The molecular formula is C14H18F3NO3S.